The summed E-state index contributed by atoms with van der Waals surface area (Å²) in [6, 6.07) is 3.12. The Hall–Kier alpha value is -1.88. The molecule has 21 heavy (non-hydrogen) atoms. The summed E-state index contributed by atoms with van der Waals surface area (Å²) < 4.78 is 0. The van der Waals surface area contributed by atoms with Gasteiger partial charge in [0.15, 0.2) is 0 Å². The molecule has 0 saturated carbocycles. The van der Waals surface area contributed by atoms with Gasteiger partial charge in [-0.05, 0) is 28.0 Å². The molecule has 0 bridgehead atoms. The van der Waals surface area contributed by atoms with Crippen LogP contribution in [0.2, 0.25) is 0 Å². The molecule has 1 aromatic rings. The molecule has 0 spiro atoms. The largest absolute Gasteiger partial charge is 0.478 e. The molecule has 0 amide bonds. The van der Waals surface area contributed by atoms with Crippen molar-refractivity contribution in [2.24, 2.45) is 0 Å². The minimum atomic E-state index is -1.10. The number of benzene rings is 1. The molecule has 4 N–H and O–H groups in total. The second-order valence-corrected chi connectivity index (χ2v) is 7.02. The van der Waals surface area contributed by atoms with Gasteiger partial charge in [-0.15, -0.1) is 0 Å². The molecule has 0 aromatic heterocycles. The number of aromatic carboxylic acids is 2. The van der Waals surface area contributed by atoms with Crippen LogP contribution in [0.15, 0.2) is 12.1 Å². The molecule has 0 saturated heterocycles. The first-order chi connectivity index (χ1) is 8.87. The molecule has 1 aromatic carbocycles. The first-order valence-corrected chi connectivity index (χ1v) is 6.52. The van der Waals surface area contributed by atoms with E-state index in [1.54, 1.807) is 6.07 Å². The van der Waals surface area contributed by atoms with Crippen LogP contribution in [0.5, 0.6) is 0 Å². The van der Waals surface area contributed by atoms with Crippen LogP contribution in [-0.4, -0.2) is 27.6 Å². The van der Waals surface area contributed by atoms with E-state index in [0.717, 1.165) is 0 Å². The number of rotatable bonds is 2. The van der Waals surface area contributed by atoms with Crippen molar-refractivity contribution in [3.63, 3.8) is 0 Å². The first-order valence-electron chi connectivity index (χ1n) is 6.52. The topological polar surface area (TPSA) is 106 Å². The SMILES string of the molecule is CC(C)(C)c1ccc(C(=O)O)c(C(C)(C)C)c1C(=O)O.O. The van der Waals surface area contributed by atoms with Gasteiger partial charge < -0.3 is 15.7 Å². The van der Waals surface area contributed by atoms with Gasteiger partial charge >= 0.3 is 11.9 Å². The predicted molar refractivity (Wildman–Crippen MR) is 81.4 cm³/mol. The van der Waals surface area contributed by atoms with Gasteiger partial charge in [0, 0.05) is 0 Å². The molecule has 0 aliphatic carbocycles. The molecule has 0 aliphatic heterocycles. The number of hydrogen-bond donors (Lipinski definition) is 2. The van der Waals surface area contributed by atoms with E-state index in [1.165, 1.54) is 6.07 Å². The zero-order valence-corrected chi connectivity index (χ0v) is 13.4. The van der Waals surface area contributed by atoms with E-state index in [4.69, 9.17) is 0 Å². The van der Waals surface area contributed by atoms with Gasteiger partial charge in [-0.2, -0.15) is 0 Å². The quantitative estimate of drug-likeness (QED) is 0.875. The van der Waals surface area contributed by atoms with Gasteiger partial charge in [0.05, 0.1) is 11.1 Å². The van der Waals surface area contributed by atoms with Gasteiger partial charge in [-0.3, -0.25) is 0 Å². The Kier molecular flexibility index (Phi) is 5.33. The van der Waals surface area contributed by atoms with E-state index in [2.05, 4.69) is 0 Å². The average Bonchev–Trinajstić information content (AvgIpc) is 2.24. The minimum Gasteiger partial charge on any atom is -0.478 e. The minimum absolute atomic E-state index is 0. The molecule has 0 fully saturated rings. The normalized spacial score (nSPS) is 11.7. The molecule has 0 unspecified atom stereocenters. The Morgan fingerprint density at radius 1 is 0.857 bits per heavy atom. The van der Waals surface area contributed by atoms with E-state index in [9.17, 15) is 19.8 Å². The predicted octanol–water partition coefficient (Wildman–Crippen LogP) is 2.85. The van der Waals surface area contributed by atoms with E-state index >= 15 is 0 Å². The summed E-state index contributed by atoms with van der Waals surface area (Å²) in [5.74, 6) is -2.18. The standard InChI is InChI=1S/C16H22O4.H2O/c1-15(2,3)10-8-7-9(13(17)18)12(16(4,5)6)11(10)14(19)20;/h7-8H,1-6H3,(H,17,18)(H,19,20);1H2. The van der Waals surface area contributed by atoms with Crippen LogP contribution in [0.4, 0.5) is 0 Å². The van der Waals surface area contributed by atoms with Crippen LogP contribution in [0, 0.1) is 0 Å². The maximum absolute atomic E-state index is 11.7. The van der Waals surface area contributed by atoms with Gasteiger partial charge in [0.2, 0.25) is 0 Å². The second kappa shape index (κ2) is 5.85. The Bertz CT molecular complexity index is 559. The molecule has 0 aliphatic rings. The lowest BCUT2D eigenvalue weighted by atomic mass is 9.74. The fourth-order valence-electron chi connectivity index (χ4n) is 2.41. The number of hydrogen-bond acceptors (Lipinski definition) is 2. The lowest BCUT2D eigenvalue weighted by molar-refractivity contribution is 0.0690. The first kappa shape index (κ1) is 19.1. The molecule has 0 radical (unpaired) electrons. The fourth-order valence-corrected chi connectivity index (χ4v) is 2.41. The molecule has 118 valence electrons. The third kappa shape index (κ3) is 3.82. The monoisotopic (exact) mass is 296 g/mol. The van der Waals surface area contributed by atoms with Crippen molar-refractivity contribution >= 4 is 11.9 Å². The van der Waals surface area contributed by atoms with Gasteiger partial charge in [0.1, 0.15) is 0 Å². The maximum Gasteiger partial charge on any atom is 0.336 e. The number of carboxylic acids is 2. The summed E-state index contributed by atoms with van der Waals surface area (Å²) in [5.41, 5.74) is 0.269. The molecular weight excluding hydrogens is 272 g/mol. The van der Waals surface area contributed by atoms with Crippen LogP contribution in [0.25, 0.3) is 0 Å². The van der Waals surface area contributed by atoms with Crippen LogP contribution in [0.3, 0.4) is 0 Å². The lowest BCUT2D eigenvalue weighted by Crippen LogP contribution is -2.26. The average molecular weight is 296 g/mol. The summed E-state index contributed by atoms with van der Waals surface area (Å²) in [6.07, 6.45) is 0. The third-order valence-electron chi connectivity index (χ3n) is 3.21. The second-order valence-electron chi connectivity index (χ2n) is 7.02. The number of carboxylic acid groups (broad SMARTS) is 2. The van der Waals surface area contributed by atoms with E-state index in [-0.39, 0.29) is 22.0 Å². The van der Waals surface area contributed by atoms with Gasteiger partial charge in [-0.1, -0.05) is 47.6 Å². The third-order valence-corrected chi connectivity index (χ3v) is 3.21. The zero-order chi connectivity index (χ0) is 15.9. The van der Waals surface area contributed by atoms with Gasteiger partial charge in [-0.25, -0.2) is 9.59 Å². The summed E-state index contributed by atoms with van der Waals surface area (Å²) in [4.78, 5) is 23.1. The molecule has 0 heterocycles. The lowest BCUT2D eigenvalue weighted by Gasteiger charge is -2.29. The Labute approximate surface area is 124 Å². The van der Waals surface area contributed by atoms with Gasteiger partial charge in [0.25, 0.3) is 0 Å². The highest BCUT2D eigenvalue weighted by atomic mass is 16.4. The van der Waals surface area contributed by atoms with Crippen LogP contribution < -0.4 is 0 Å². The van der Waals surface area contributed by atoms with Crippen molar-refractivity contribution in [2.45, 2.75) is 52.4 Å². The van der Waals surface area contributed by atoms with Crippen LogP contribution >= 0.6 is 0 Å². The fraction of sp³-hybridized carbons (Fsp3) is 0.500. The maximum atomic E-state index is 11.7. The van der Waals surface area contributed by atoms with E-state index < -0.39 is 17.4 Å². The Morgan fingerprint density at radius 3 is 1.62 bits per heavy atom. The smallest absolute Gasteiger partial charge is 0.336 e. The molecule has 0 atom stereocenters. The summed E-state index contributed by atoms with van der Waals surface area (Å²) in [6.45, 7) is 11.2. The van der Waals surface area contributed by atoms with Crippen molar-refractivity contribution in [1.82, 2.24) is 0 Å². The molecule has 5 nitrogen and oxygen atoms in total. The highest BCUT2D eigenvalue weighted by molar-refractivity contribution is 5.98. The van der Waals surface area contributed by atoms with Crippen LogP contribution in [0.1, 0.15) is 73.4 Å². The highest BCUT2D eigenvalue weighted by Crippen LogP contribution is 2.36. The molecular formula is C16H24O5. The van der Waals surface area contributed by atoms with E-state index in [1.807, 2.05) is 41.5 Å². The van der Waals surface area contributed by atoms with E-state index in [0.29, 0.717) is 11.1 Å². The Balaban J connectivity index is 0.00000400. The van der Waals surface area contributed by atoms with Crippen molar-refractivity contribution in [2.75, 3.05) is 0 Å². The molecule has 1 rings (SSSR count). The zero-order valence-electron chi connectivity index (χ0n) is 13.4. The van der Waals surface area contributed by atoms with Crippen molar-refractivity contribution < 1.29 is 25.3 Å². The molecule has 5 heteroatoms. The summed E-state index contributed by atoms with van der Waals surface area (Å²) >= 11 is 0. The van der Waals surface area contributed by atoms with Crippen molar-refractivity contribution in [3.8, 4) is 0 Å². The summed E-state index contributed by atoms with van der Waals surface area (Å²) in [5, 5.41) is 18.9. The summed E-state index contributed by atoms with van der Waals surface area (Å²) in [7, 11) is 0. The van der Waals surface area contributed by atoms with Crippen molar-refractivity contribution in [1.29, 1.82) is 0 Å². The van der Waals surface area contributed by atoms with Crippen LogP contribution in [-0.2, 0) is 10.8 Å². The number of carbonyl (C=O) groups is 2. The Morgan fingerprint density at radius 2 is 1.33 bits per heavy atom. The highest BCUT2D eigenvalue weighted by Gasteiger charge is 2.32. The van der Waals surface area contributed by atoms with Crippen molar-refractivity contribution in [3.05, 3.63) is 34.4 Å².